The molecule has 0 saturated heterocycles. The van der Waals surface area contributed by atoms with Crippen molar-refractivity contribution in [1.29, 1.82) is 0 Å². The first-order valence-corrected chi connectivity index (χ1v) is 13.9. The Labute approximate surface area is 196 Å². The van der Waals surface area contributed by atoms with Crippen molar-refractivity contribution in [1.82, 2.24) is 0 Å². The Balaban J connectivity index is 1.83. The van der Waals surface area contributed by atoms with Crippen LogP contribution in [0.15, 0.2) is 48.5 Å². The summed E-state index contributed by atoms with van der Waals surface area (Å²) in [5, 5.41) is 0. The number of hydrogen-bond donors (Lipinski definition) is 0. The van der Waals surface area contributed by atoms with Gasteiger partial charge in [0.05, 0.1) is 0 Å². The van der Waals surface area contributed by atoms with Gasteiger partial charge in [-0.05, 0) is 60.1 Å². The monoisotopic (exact) mass is 458 g/mol. The standard InChI is InChI=1S/C28H43O3P/c1-5-9-11-23(7-3)21-25-13-17-27(18-14-25)30-32(29)31-28-19-15-26(16-20-28)22-24(8-4)12-10-6-2/h13-20,23-24,32H,5-12,21-22H2,1-4H3. The van der Waals surface area contributed by atoms with E-state index >= 15 is 0 Å². The zero-order valence-electron chi connectivity index (χ0n) is 20.6. The highest BCUT2D eigenvalue weighted by Crippen LogP contribution is 2.31. The molecule has 0 spiro atoms. The lowest BCUT2D eigenvalue weighted by molar-refractivity contribution is 0.415. The molecule has 0 N–H and O–H groups in total. The van der Waals surface area contributed by atoms with Gasteiger partial charge < -0.3 is 9.05 Å². The third-order valence-corrected chi connectivity index (χ3v) is 7.19. The zero-order chi connectivity index (χ0) is 23.2. The molecule has 2 aromatic carbocycles. The molecule has 0 aliphatic rings. The molecule has 3 nitrogen and oxygen atoms in total. The minimum atomic E-state index is -2.65. The fraction of sp³-hybridized carbons (Fsp3) is 0.571. The Morgan fingerprint density at radius 2 is 1.03 bits per heavy atom. The third-order valence-electron chi connectivity index (χ3n) is 6.38. The van der Waals surface area contributed by atoms with E-state index in [1.54, 1.807) is 0 Å². The average molecular weight is 459 g/mol. The van der Waals surface area contributed by atoms with E-state index in [0.29, 0.717) is 11.5 Å². The van der Waals surface area contributed by atoms with Gasteiger partial charge >= 0.3 is 8.25 Å². The summed E-state index contributed by atoms with van der Waals surface area (Å²) in [4.78, 5) is 0. The van der Waals surface area contributed by atoms with Crippen LogP contribution in [0.25, 0.3) is 0 Å². The molecule has 0 heterocycles. The summed E-state index contributed by atoms with van der Waals surface area (Å²) >= 11 is 0. The Hall–Kier alpha value is -1.73. The Kier molecular flexibility index (Phi) is 12.6. The lowest BCUT2D eigenvalue weighted by Crippen LogP contribution is -2.03. The minimum absolute atomic E-state index is 0.595. The molecule has 4 heteroatoms. The Morgan fingerprint density at radius 3 is 1.34 bits per heavy atom. The maximum atomic E-state index is 12.4. The van der Waals surface area contributed by atoms with Crippen molar-refractivity contribution < 1.29 is 13.6 Å². The number of rotatable bonds is 16. The van der Waals surface area contributed by atoms with Gasteiger partial charge in [-0.25, -0.2) is 4.57 Å². The van der Waals surface area contributed by atoms with Gasteiger partial charge in [-0.1, -0.05) is 103 Å². The minimum Gasteiger partial charge on any atom is -0.418 e. The topological polar surface area (TPSA) is 35.5 Å². The van der Waals surface area contributed by atoms with Crippen molar-refractivity contribution in [2.24, 2.45) is 11.8 Å². The molecular weight excluding hydrogens is 415 g/mol. The summed E-state index contributed by atoms with van der Waals surface area (Å²) in [5.74, 6) is 2.65. The molecule has 0 fully saturated rings. The molecule has 0 aliphatic carbocycles. The van der Waals surface area contributed by atoms with Crippen molar-refractivity contribution in [3.05, 3.63) is 59.7 Å². The van der Waals surface area contributed by atoms with E-state index in [9.17, 15) is 4.57 Å². The highest BCUT2D eigenvalue weighted by atomic mass is 31.1. The molecule has 2 atom stereocenters. The number of benzene rings is 2. The van der Waals surface area contributed by atoms with Gasteiger partial charge in [-0.2, -0.15) is 0 Å². The molecule has 0 saturated carbocycles. The maximum Gasteiger partial charge on any atom is 0.418 e. The van der Waals surface area contributed by atoms with E-state index < -0.39 is 8.25 Å². The van der Waals surface area contributed by atoms with Crippen LogP contribution in [0.2, 0.25) is 0 Å². The lowest BCUT2D eigenvalue weighted by Gasteiger charge is -2.15. The van der Waals surface area contributed by atoms with Gasteiger partial charge in [-0.3, -0.25) is 0 Å². The van der Waals surface area contributed by atoms with Crippen molar-refractivity contribution in [2.75, 3.05) is 0 Å². The summed E-state index contributed by atoms with van der Waals surface area (Å²) in [6.07, 6.45) is 12.2. The average Bonchev–Trinajstić information content (AvgIpc) is 2.81. The van der Waals surface area contributed by atoms with Crippen LogP contribution in [0.1, 0.15) is 90.2 Å². The van der Waals surface area contributed by atoms with Gasteiger partial charge in [0.15, 0.2) is 0 Å². The van der Waals surface area contributed by atoms with Gasteiger partial charge in [0.25, 0.3) is 0 Å². The van der Waals surface area contributed by atoms with Crippen LogP contribution in [0.3, 0.4) is 0 Å². The second-order valence-corrected chi connectivity index (χ2v) is 9.89. The molecule has 2 unspecified atom stereocenters. The van der Waals surface area contributed by atoms with E-state index in [1.807, 2.05) is 24.3 Å². The van der Waals surface area contributed by atoms with Crippen LogP contribution in [-0.4, -0.2) is 0 Å². The van der Waals surface area contributed by atoms with E-state index in [0.717, 1.165) is 24.7 Å². The molecular formula is C28H43O3P. The SMILES string of the molecule is CCCCC(CC)Cc1ccc(O[PH](=O)Oc2ccc(CC(CC)CCCC)cc2)cc1. The molecule has 0 amide bonds. The van der Waals surface area contributed by atoms with Crippen LogP contribution in [0.4, 0.5) is 0 Å². The summed E-state index contributed by atoms with van der Waals surface area (Å²) in [7, 11) is -2.65. The molecule has 178 valence electrons. The number of hydrogen-bond acceptors (Lipinski definition) is 3. The Bertz CT molecular complexity index is 705. The predicted molar refractivity (Wildman–Crippen MR) is 137 cm³/mol. The van der Waals surface area contributed by atoms with Crippen LogP contribution in [-0.2, 0) is 17.4 Å². The zero-order valence-corrected chi connectivity index (χ0v) is 21.6. The summed E-state index contributed by atoms with van der Waals surface area (Å²) in [6.45, 7) is 9.02. The fourth-order valence-corrected chi connectivity index (χ4v) is 4.85. The van der Waals surface area contributed by atoms with Crippen LogP contribution in [0.5, 0.6) is 11.5 Å². The van der Waals surface area contributed by atoms with E-state index in [-0.39, 0.29) is 0 Å². The van der Waals surface area contributed by atoms with Gasteiger partial charge in [0.1, 0.15) is 11.5 Å². The lowest BCUT2D eigenvalue weighted by atomic mass is 9.92. The van der Waals surface area contributed by atoms with Crippen molar-refractivity contribution >= 4 is 8.25 Å². The number of unbranched alkanes of at least 4 members (excludes halogenated alkanes) is 2. The highest BCUT2D eigenvalue weighted by molar-refractivity contribution is 7.34. The van der Waals surface area contributed by atoms with Crippen molar-refractivity contribution in [2.45, 2.75) is 91.9 Å². The first kappa shape index (κ1) is 26.5. The quantitative estimate of drug-likeness (QED) is 0.235. The molecule has 2 rings (SSSR count). The van der Waals surface area contributed by atoms with Gasteiger partial charge in [0, 0.05) is 0 Å². The second-order valence-electron chi connectivity index (χ2n) is 8.98. The normalized spacial score (nSPS) is 14.0. The smallest absolute Gasteiger partial charge is 0.418 e. The van der Waals surface area contributed by atoms with E-state index in [2.05, 4.69) is 52.0 Å². The molecule has 0 radical (unpaired) electrons. The second kappa shape index (κ2) is 15.2. The van der Waals surface area contributed by atoms with E-state index in [4.69, 9.17) is 9.05 Å². The summed E-state index contributed by atoms with van der Waals surface area (Å²) in [5.41, 5.74) is 2.61. The van der Waals surface area contributed by atoms with Gasteiger partial charge in [0.2, 0.25) is 0 Å². The molecule has 0 aliphatic heterocycles. The van der Waals surface area contributed by atoms with Crippen LogP contribution in [0, 0.1) is 11.8 Å². The maximum absolute atomic E-state index is 12.4. The van der Waals surface area contributed by atoms with Gasteiger partial charge in [-0.15, -0.1) is 0 Å². The highest BCUT2D eigenvalue weighted by Gasteiger charge is 2.10. The predicted octanol–water partition coefficient (Wildman–Crippen LogP) is 9.05. The van der Waals surface area contributed by atoms with Crippen LogP contribution >= 0.6 is 8.25 Å². The molecule has 2 aromatic rings. The Morgan fingerprint density at radius 1 is 0.656 bits per heavy atom. The van der Waals surface area contributed by atoms with Crippen LogP contribution < -0.4 is 9.05 Å². The summed E-state index contributed by atoms with van der Waals surface area (Å²) in [6, 6.07) is 15.9. The molecule has 0 bridgehead atoms. The molecule has 0 aromatic heterocycles. The first-order chi connectivity index (χ1) is 15.6. The van der Waals surface area contributed by atoms with E-state index in [1.165, 1.54) is 62.5 Å². The summed E-state index contributed by atoms with van der Waals surface area (Å²) < 4.78 is 23.5. The third kappa shape index (κ3) is 9.82. The largest absolute Gasteiger partial charge is 0.418 e. The van der Waals surface area contributed by atoms with Crippen molar-refractivity contribution in [3.63, 3.8) is 0 Å². The van der Waals surface area contributed by atoms with Crippen molar-refractivity contribution in [3.8, 4) is 11.5 Å². The molecule has 32 heavy (non-hydrogen) atoms. The first-order valence-electron chi connectivity index (χ1n) is 12.6. The fourth-order valence-electron chi connectivity index (χ4n) is 4.15.